The van der Waals surface area contributed by atoms with Gasteiger partial charge in [0.2, 0.25) is 0 Å². The quantitative estimate of drug-likeness (QED) is 0.854. The van der Waals surface area contributed by atoms with Crippen LogP contribution in [0.4, 0.5) is 5.13 Å². The zero-order valence-corrected chi connectivity index (χ0v) is 15.6. The van der Waals surface area contributed by atoms with E-state index in [4.69, 9.17) is 0 Å². The highest BCUT2D eigenvalue weighted by molar-refractivity contribution is 7.13. The predicted molar refractivity (Wildman–Crippen MR) is 97.5 cm³/mol. The molecule has 24 heavy (non-hydrogen) atoms. The van der Waals surface area contributed by atoms with Crippen LogP contribution in [0.15, 0.2) is 5.38 Å². The van der Waals surface area contributed by atoms with Gasteiger partial charge in [-0.15, -0.1) is 11.3 Å². The summed E-state index contributed by atoms with van der Waals surface area (Å²) in [6, 6.07) is 0. The van der Waals surface area contributed by atoms with E-state index in [1.807, 2.05) is 10.3 Å². The fourth-order valence-corrected chi connectivity index (χ4v) is 4.55. The summed E-state index contributed by atoms with van der Waals surface area (Å²) in [5.74, 6) is 0.892. The number of thiazole rings is 1. The third kappa shape index (κ3) is 3.91. The van der Waals surface area contributed by atoms with Gasteiger partial charge < -0.3 is 15.3 Å². The predicted octanol–water partition coefficient (Wildman–Crippen LogP) is 3.37. The lowest BCUT2D eigenvalue weighted by molar-refractivity contribution is -0.0886. The Bertz CT molecular complexity index is 574. The van der Waals surface area contributed by atoms with E-state index in [0.29, 0.717) is 31.1 Å². The molecule has 1 saturated carbocycles. The molecular weight excluding hydrogens is 322 g/mol. The van der Waals surface area contributed by atoms with Gasteiger partial charge in [-0.2, -0.15) is 0 Å². The van der Waals surface area contributed by atoms with Gasteiger partial charge in [0.15, 0.2) is 5.13 Å². The largest absolute Gasteiger partial charge is 0.389 e. The van der Waals surface area contributed by atoms with Gasteiger partial charge in [0.1, 0.15) is 5.69 Å². The number of hydrogen-bond acceptors (Lipinski definition) is 5. The molecule has 6 heteroatoms. The average Bonchev–Trinajstić information content (AvgIpc) is 3.02. The minimum absolute atomic E-state index is 0.00998. The number of nitrogens with zero attached hydrogens (tertiary/aromatic N) is 2. The van der Waals surface area contributed by atoms with Crippen molar-refractivity contribution < 1.29 is 9.90 Å². The number of aliphatic hydroxyl groups is 1. The number of amides is 1. The molecule has 1 saturated heterocycles. The first kappa shape index (κ1) is 17.7. The van der Waals surface area contributed by atoms with Crippen molar-refractivity contribution in [2.24, 2.45) is 11.8 Å². The number of hydrogen-bond donors (Lipinski definition) is 2. The van der Waals surface area contributed by atoms with Crippen molar-refractivity contribution in [1.29, 1.82) is 0 Å². The molecule has 1 aromatic heterocycles. The molecule has 1 aliphatic heterocycles. The zero-order chi connectivity index (χ0) is 17.2. The van der Waals surface area contributed by atoms with Crippen molar-refractivity contribution in [3.8, 4) is 0 Å². The van der Waals surface area contributed by atoms with Crippen LogP contribution < -0.4 is 5.32 Å². The van der Waals surface area contributed by atoms with E-state index in [9.17, 15) is 9.90 Å². The Balaban J connectivity index is 1.58. The van der Waals surface area contributed by atoms with Crippen LogP contribution in [0.25, 0.3) is 0 Å². The molecule has 2 fully saturated rings. The summed E-state index contributed by atoms with van der Waals surface area (Å²) in [5, 5.41) is 16.7. The minimum Gasteiger partial charge on any atom is -0.389 e. The molecule has 5 nitrogen and oxygen atoms in total. The second-order valence-electron chi connectivity index (χ2n) is 7.69. The van der Waals surface area contributed by atoms with Crippen LogP contribution >= 0.6 is 11.3 Å². The molecular formula is C18H29N3O2S. The summed E-state index contributed by atoms with van der Waals surface area (Å²) in [5.41, 5.74) is -0.00555. The van der Waals surface area contributed by atoms with Gasteiger partial charge in [-0.3, -0.25) is 4.79 Å². The van der Waals surface area contributed by atoms with Gasteiger partial charge >= 0.3 is 0 Å². The molecule has 1 amide bonds. The van der Waals surface area contributed by atoms with Crippen molar-refractivity contribution in [1.82, 2.24) is 9.88 Å². The fourth-order valence-electron chi connectivity index (χ4n) is 3.84. The van der Waals surface area contributed by atoms with Crippen LogP contribution in [0, 0.1) is 11.8 Å². The standard InChI is InChI=1S/C18H29N3O2S/c1-13(2)6-9-19-17-20-15(12-24-17)16(22)21-10-8-18(23)7-4-3-5-14(18)11-21/h12-14,23H,3-11H2,1-2H3,(H,19,20)/t14-,18-/m0/s1. The van der Waals surface area contributed by atoms with Crippen LogP contribution in [0.1, 0.15) is 62.9 Å². The summed E-state index contributed by atoms with van der Waals surface area (Å²) >= 11 is 1.50. The van der Waals surface area contributed by atoms with Gasteiger partial charge in [-0.05, 0) is 31.6 Å². The Morgan fingerprint density at radius 2 is 2.33 bits per heavy atom. The fraction of sp³-hybridized carbons (Fsp3) is 0.778. The highest BCUT2D eigenvalue weighted by Gasteiger charge is 2.44. The van der Waals surface area contributed by atoms with E-state index in [1.54, 1.807) is 0 Å². The highest BCUT2D eigenvalue weighted by Crippen LogP contribution is 2.40. The van der Waals surface area contributed by atoms with Crippen molar-refractivity contribution in [3.05, 3.63) is 11.1 Å². The zero-order valence-electron chi connectivity index (χ0n) is 14.8. The Kier molecular flexibility index (Phi) is 5.45. The van der Waals surface area contributed by atoms with Gasteiger partial charge in [0, 0.05) is 30.9 Å². The summed E-state index contributed by atoms with van der Waals surface area (Å²) in [6.45, 7) is 6.59. The second kappa shape index (κ2) is 7.40. The van der Waals surface area contributed by atoms with E-state index < -0.39 is 5.60 Å². The van der Waals surface area contributed by atoms with Crippen molar-refractivity contribution in [3.63, 3.8) is 0 Å². The topological polar surface area (TPSA) is 65.5 Å². The van der Waals surface area contributed by atoms with Crippen LogP contribution in [-0.2, 0) is 0 Å². The van der Waals surface area contributed by atoms with E-state index in [0.717, 1.165) is 43.8 Å². The molecule has 0 spiro atoms. The molecule has 1 aliphatic carbocycles. The normalized spacial score (nSPS) is 27.2. The molecule has 0 radical (unpaired) electrons. The number of piperidine rings is 1. The Morgan fingerprint density at radius 3 is 3.12 bits per heavy atom. The lowest BCUT2D eigenvalue weighted by Gasteiger charge is -2.47. The third-order valence-corrected chi connectivity index (χ3v) is 6.24. The van der Waals surface area contributed by atoms with E-state index in [1.165, 1.54) is 11.3 Å². The summed E-state index contributed by atoms with van der Waals surface area (Å²) < 4.78 is 0. The smallest absolute Gasteiger partial charge is 0.273 e. The Hall–Kier alpha value is -1.14. The average molecular weight is 352 g/mol. The maximum atomic E-state index is 12.7. The van der Waals surface area contributed by atoms with Crippen LogP contribution in [0.5, 0.6) is 0 Å². The Morgan fingerprint density at radius 1 is 1.50 bits per heavy atom. The molecule has 2 aliphatic rings. The van der Waals surface area contributed by atoms with Crippen molar-refractivity contribution in [2.75, 3.05) is 25.0 Å². The molecule has 3 rings (SSSR count). The Labute approximate surface area is 148 Å². The summed E-state index contributed by atoms with van der Waals surface area (Å²) in [7, 11) is 0. The first-order valence-electron chi connectivity index (χ1n) is 9.19. The number of aromatic nitrogens is 1. The molecule has 0 bridgehead atoms. The third-order valence-electron chi connectivity index (χ3n) is 5.44. The molecule has 0 aromatic carbocycles. The minimum atomic E-state index is -0.541. The SMILES string of the molecule is CC(C)CCNc1nc(C(=O)N2CC[C@@]3(O)CCCC[C@H]3C2)cs1. The summed E-state index contributed by atoms with van der Waals surface area (Å²) in [6.07, 6.45) is 5.98. The number of likely N-dealkylation sites (tertiary alicyclic amines) is 1. The molecule has 0 unspecified atom stereocenters. The van der Waals surface area contributed by atoms with Gasteiger partial charge in [0.25, 0.3) is 5.91 Å². The van der Waals surface area contributed by atoms with Crippen LogP contribution in [-0.4, -0.2) is 46.1 Å². The van der Waals surface area contributed by atoms with Crippen molar-refractivity contribution >= 4 is 22.4 Å². The van der Waals surface area contributed by atoms with E-state index in [-0.39, 0.29) is 11.8 Å². The molecule has 2 N–H and O–H groups in total. The van der Waals surface area contributed by atoms with Crippen LogP contribution in [0.3, 0.4) is 0 Å². The molecule has 2 heterocycles. The number of rotatable bonds is 5. The van der Waals surface area contributed by atoms with Crippen LogP contribution in [0.2, 0.25) is 0 Å². The molecule has 134 valence electrons. The van der Waals surface area contributed by atoms with Gasteiger partial charge in [-0.1, -0.05) is 26.7 Å². The first-order valence-corrected chi connectivity index (χ1v) is 10.1. The monoisotopic (exact) mass is 351 g/mol. The number of anilines is 1. The van der Waals surface area contributed by atoms with E-state index >= 15 is 0 Å². The maximum absolute atomic E-state index is 12.7. The second-order valence-corrected chi connectivity index (χ2v) is 8.55. The summed E-state index contributed by atoms with van der Waals surface area (Å²) in [4.78, 5) is 19.1. The van der Waals surface area contributed by atoms with Gasteiger partial charge in [-0.25, -0.2) is 4.98 Å². The molecule has 2 atom stereocenters. The number of carbonyl (C=O) groups excluding carboxylic acids is 1. The maximum Gasteiger partial charge on any atom is 0.273 e. The van der Waals surface area contributed by atoms with E-state index in [2.05, 4.69) is 24.1 Å². The van der Waals surface area contributed by atoms with Crippen molar-refractivity contribution in [2.45, 2.75) is 58.0 Å². The highest BCUT2D eigenvalue weighted by atomic mass is 32.1. The first-order chi connectivity index (χ1) is 11.5. The lowest BCUT2D eigenvalue weighted by Crippen LogP contribution is -2.54. The number of carbonyl (C=O) groups is 1. The van der Waals surface area contributed by atoms with Gasteiger partial charge in [0.05, 0.1) is 5.60 Å². The number of fused-ring (bicyclic) bond motifs is 1. The number of nitrogens with one attached hydrogen (secondary N) is 1. The molecule has 1 aromatic rings. The lowest BCUT2D eigenvalue weighted by atomic mass is 9.71.